The fourth-order valence-electron chi connectivity index (χ4n) is 1.83. The zero-order valence-electron chi connectivity index (χ0n) is 12.2. The Balaban J connectivity index is 2.74. The smallest absolute Gasteiger partial charge is 0.270 e. The van der Waals surface area contributed by atoms with Gasteiger partial charge in [-0.25, -0.2) is 13.1 Å². The number of hydrogen-bond donors (Lipinski definition) is 2. The van der Waals surface area contributed by atoms with E-state index in [9.17, 15) is 18.5 Å². The monoisotopic (exact) mass is 315 g/mol. The lowest BCUT2D eigenvalue weighted by Gasteiger charge is -2.09. The summed E-state index contributed by atoms with van der Waals surface area (Å²) in [5, 5.41) is 10.7. The number of nitrogens with one attached hydrogen (secondary N) is 1. The Morgan fingerprint density at radius 2 is 2.00 bits per heavy atom. The van der Waals surface area contributed by atoms with Crippen LogP contribution in [-0.4, -0.2) is 19.9 Å². The van der Waals surface area contributed by atoms with Crippen LogP contribution >= 0.6 is 0 Å². The number of benzene rings is 1. The molecule has 1 aromatic carbocycles. The second kappa shape index (κ2) is 7.37. The van der Waals surface area contributed by atoms with Gasteiger partial charge in [0.2, 0.25) is 10.0 Å². The number of nitro benzene ring substituents is 1. The molecule has 0 saturated carbocycles. The average molecular weight is 315 g/mol. The summed E-state index contributed by atoms with van der Waals surface area (Å²) in [5.74, 6) is 0.578. The van der Waals surface area contributed by atoms with Crippen molar-refractivity contribution in [2.45, 2.75) is 38.0 Å². The molecule has 0 aliphatic heterocycles. The molecule has 0 aliphatic carbocycles. The summed E-state index contributed by atoms with van der Waals surface area (Å²) in [6.45, 7) is 4.50. The van der Waals surface area contributed by atoms with Gasteiger partial charge in [-0.15, -0.1) is 0 Å². The SMILES string of the molecule is CC(C)CCCCNS(=O)(=O)c1cc([N+](=O)[O-])ccc1N. The third-order valence-electron chi connectivity index (χ3n) is 3.00. The minimum Gasteiger partial charge on any atom is -0.398 e. The molecule has 3 N–H and O–H groups in total. The summed E-state index contributed by atoms with van der Waals surface area (Å²) in [6.07, 6.45) is 2.66. The Bertz CT molecular complexity index is 599. The Labute approximate surface area is 124 Å². The van der Waals surface area contributed by atoms with Gasteiger partial charge in [0.25, 0.3) is 5.69 Å². The summed E-state index contributed by atoms with van der Waals surface area (Å²) < 4.78 is 26.6. The van der Waals surface area contributed by atoms with Gasteiger partial charge in [0.15, 0.2) is 0 Å². The Kier molecular flexibility index (Phi) is 6.10. The topological polar surface area (TPSA) is 115 Å². The van der Waals surface area contributed by atoms with E-state index >= 15 is 0 Å². The predicted molar refractivity (Wildman–Crippen MR) is 81.4 cm³/mol. The molecule has 0 bridgehead atoms. The molecule has 7 nitrogen and oxygen atoms in total. The van der Waals surface area contributed by atoms with Crippen molar-refractivity contribution in [2.75, 3.05) is 12.3 Å². The van der Waals surface area contributed by atoms with Gasteiger partial charge < -0.3 is 5.73 Å². The van der Waals surface area contributed by atoms with Crippen LogP contribution in [-0.2, 0) is 10.0 Å². The zero-order valence-corrected chi connectivity index (χ0v) is 13.0. The van der Waals surface area contributed by atoms with Gasteiger partial charge in [0.05, 0.1) is 10.6 Å². The molecule has 1 rings (SSSR count). The van der Waals surface area contributed by atoms with Gasteiger partial charge >= 0.3 is 0 Å². The maximum absolute atomic E-state index is 12.1. The number of nitrogen functional groups attached to an aromatic ring is 1. The second-order valence-electron chi connectivity index (χ2n) is 5.27. The molecule has 118 valence electrons. The number of nitro groups is 1. The van der Waals surface area contributed by atoms with Crippen molar-refractivity contribution in [3.8, 4) is 0 Å². The first-order valence-electron chi connectivity index (χ1n) is 6.77. The van der Waals surface area contributed by atoms with Gasteiger partial charge in [0.1, 0.15) is 4.90 Å². The Hall–Kier alpha value is -1.67. The quantitative estimate of drug-likeness (QED) is 0.330. The van der Waals surface area contributed by atoms with Gasteiger partial charge in [0, 0.05) is 18.7 Å². The lowest BCUT2D eigenvalue weighted by atomic mass is 10.1. The summed E-state index contributed by atoms with van der Waals surface area (Å²) in [4.78, 5) is 9.80. The van der Waals surface area contributed by atoms with Crippen LogP contribution < -0.4 is 10.5 Å². The van der Waals surface area contributed by atoms with Crippen LogP contribution in [0.4, 0.5) is 11.4 Å². The number of anilines is 1. The highest BCUT2D eigenvalue weighted by Crippen LogP contribution is 2.23. The highest BCUT2D eigenvalue weighted by molar-refractivity contribution is 7.89. The summed E-state index contributed by atoms with van der Waals surface area (Å²) in [5.41, 5.74) is 5.30. The molecular formula is C13H21N3O4S. The Morgan fingerprint density at radius 1 is 1.33 bits per heavy atom. The number of non-ortho nitro benzene ring substituents is 1. The number of nitrogens with zero attached hydrogens (tertiary/aromatic N) is 1. The van der Waals surface area contributed by atoms with E-state index in [1.807, 2.05) is 0 Å². The maximum Gasteiger partial charge on any atom is 0.270 e. The van der Waals surface area contributed by atoms with E-state index < -0.39 is 14.9 Å². The molecule has 0 aromatic heterocycles. The van der Waals surface area contributed by atoms with Crippen molar-refractivity contribution >= 4 is 21.4 Å². The third-order valence-corrected chi connectivity index (χ3v) is 4.51. The molecule has 0 aliphatic rings. The molecule has 0 unspecified atom stereocenters. The molecule has 8 heteroatoms. The molecular weight excluding hydrogens is 294 g/mol. The molecule has 0 amide bonds. The van der Waals surface area contributed by atoms with Crippen molar-refractivity contribution in [2.24, 2.45) is 5.92 Å². The van der Waals surface area contributed by atoms with E-state index in [4.69, 9.17) is 5.73 Å². The van der Waals surface area contributed by atoms with Crippen LogP contribution in [0.3, 0.4) is 0 Å². The molecule has 21 heavy (non-hydrogen) atoms. The molecule has 1 aromatic rings. The van der Waals surface area contributed by atoms with Gasteiger partial charge in [-0.05, 0) is 18.4 Å². The first kappa shape index (κ1) is 17.4. The van der Waals surface area contributed by atoms with Crippen LogP contribution in [0.1, 0.15) is 33.1 Å². The maximum atomic E-state index is 12.1. The first-order valence-corrected chi connectivity index (χ1v) is 8.26. The average Bonchev–Trinajstić information content (AvgIpc) is 2.37. The fourth-order valence-corrected chi connectivity index (χ4v) is 3.05. The van der Waals surface area contributed by atoms with E-state index in [1.165, 1.54) is 12.1 Å². The highest BCUT2D eigenvalue weighted by Gasteiger charge is 2.20. The Morgan fingerprint density at radius 3 is 2.57 bits per heavy atom. The minimum absolute atomic E-state index is 0.00437. The second-order valence-corrected chi connectivity index (χ2v) is 7.00. The normalized spacial score (nSPS) is 11.8. The number of hydrogen-bond acceptors (Lipinski definition) is 5. The van der Waals surface area contributed by atoms with Crippen LogP contribution in [0.25, 0.3) is 0 Å². The lowest BCUT2D eigenvalue weighted by molar-refractivity contribution is -0.385. The van der Waals surface area contributed by atoms with E-state index in [1.54, 1.807) is 0 Å². The van der Waals surface area contributed by atoms with E-state index in [0.717, 1.165) is 18.9 Å². The molecule has 0 saturated heterocycles. The molecule has 0 atom stereocenters. The van der Waals surface area contributed by atoms with Crippen molar-refractivity contribution in [1.82, 2.24) is 4.72 Å². The zero-order chi connectivity index (χ0) is 16.0. The summed E-state index contributed by atoms with van der Waals surface area (Å²) >= 11 is 0. The van der Waals surface area contributed by atoms with E-state index in [0.29, 0.717) is 12.3 Å². The van der Waals surface area contributed by atoms with Crippen molar-refractivity contribution < 1.29 is 13.3 Å². The predicted octanol–water partition coefficient (Wildman–Crippen LogP) is 2.28. The largest absolute Gasteiger partial charge is 0.398 e. The van der Waals surface area contributed by atoms with Crippen LogP contribution in [0.5, 0.6) is 0 Å². The molecule has 0 radical (unpaired) electrons. The third kappa shape index (κ3) is 5.31. The summed E-state index contributed by atoms with van der Waals surface area (Å²) in [7, 11) is -3.83. The van der Waals surface area contributed by atoms with Crippen molar-refractivity contribution in [3.05, 3.63) is 28.3 Å². The molecule has 0 heterocycles. The molecule has 0 fully saturated rings. The number of nitrogens with two attached hydrogens (primary N) is 1. The minimum atomic E-state index is -3.83. The van der Waals surface area contributed by atoms with Crippen molar-refractivity contribution in [3.63, 3.8) is 0 Å². The molecule has 0 spiro atoms. The first-order chi connectivity index (χ1) is 9.74. The van der Waals surface area contributed by atoms with Gasteiger partial charge in [-0.1, -0.05) is 26.7 Å². The lowest BCUT2D eigenvalue weighted by Crippen LogP contribution is -2.25. The summed E-state index contributed by atoms with van der Waals surface area (Å²) in [6, 6.07) is 3.38. The standard InChI is InChI=1S/C13H21N3O4S/c1-10(2)5-3-4-8-15-21(19,20)13-9-11(16(17)18)6-7-12(13)14/h6-7,9-10,15H,3-5,8,14H2,1-2H3. The van der Waals surface area contributed by atoms with Crippen LogP contribution in [0, 0.1) is 16.0 Å². The van der Waals surface area contributed by atoms with Crippen molar-refractivity contribution in [1.29, 1.82) is 0 Å². The van der Waals surface area contributed by atoms with Gasteiger partial charge in [-0.2, -0.15) is 0 Å². The van der Waals surface area contributed by atoms with E-state index in [2.05, 4.69) is 18.6 Å². The highest BCUT2D eigenvalue weighted by atomic mass is 32.2. The number of rotatable bonds is 8. The van der Waals surface area contributed by atoms with E-state index in [-0.39, 0.29) is 22.8 Å². The van der Waals surface area contributed by atoms with Gasteiger partial charge in [-0.3, -0.25) is 10.1 Å². The fraction of sp³-hybridized carbons (Fsp3) is 0.538. The van der Waals surface area contributed by atoms with Crippen LogP contribution in [0.2, 0.25) is 0 Å². The van der Waals surface area contributed by atoms with Crippen LogP contribution in [0.15, 0.2) is 23.1 Å². The number of sulfonamides is 1. The number of unbranched alkanes of at least 4 members (excludes halogenated alkanes) is 1.